The van der Waals surface area contributed by atoms with Gasteiger partial charge in [-0.05, 0) is 48.0 Å². The van der Waals surface area contributed by atoms with Crippen LogP contribution in [0.15, 0.2) is 54.1 Å². The van der Waals surface area contributed by atoms with Crippen LogP contribution in [0.25, 0.3) is 5.57 Å². The average Bonchev–Trinajstić information content (AvgIpc) is 2.66. The summed E-state index contributed by atoms with van der Waals surface area (Å²) < 4.78 is 0. The summed E-state index contributed by atoms with van der Waals surface area (Å²) in [6, 6.07) is 8.78. The van der Waals surface area contributed by atoms with Crippen LogP contribution < -0.4 is 0 Å². The van der Waals surface area contributed by atoms with Gasteiger partial charge in [0.05, 0.1) is 0 Å². The van der Waals surface area contributed by atoms with E-state index in [9.17, 15) is 0 Å². The van der Waals surface area contributed by atoms with Crippen LogP contribution in [-0.2, 0) is 0 Å². The van der Waals surface area contributed by atoms with Gasteiger partial charge in [0.1, 0.15) is 0 Å². The van der Waals surface area contributed by atoms with Crippen LogP contribution in [0, 0.1) is 0 Å². The Bertz CT molecular complexity index is 499. The largest absolute Gasteiger partial charge is 0.0844 e. The minimum Gasteiger partial charge on any atom is -0.0844 e. The van der Waals surface area contributed by atoms with Crippen molar-refractivity contribution in [2.75, 3.05) is 0 Å². The van der Waals surface area contributed by atoms with Crippen molar-refractivity contribution in [3.63, 3.8) is 0 Å². The highest BCUT2D eigenvalue weighted by Crippen LogP contribution is 2.29. The van der Waals surface area contributed by atoms with Gasteiger partial charge in [-0.25, -0.2) is 0 Å². The fraction of sp³-hybridized carbons (Fsp3) is 0.333. The van der Waals surface area contributed by atoms with Crippen LogP contribution in [0.3, 0.4) is 0 Å². The van der Waals surface area contributed by atoms with Gasteiger partial charge >= 0.3 is 0 Å². The maximum atomic E-state index is 2.28. The van der Waals surface area contributed by atoms with E-state index in [2.05, 4.69) is 69.3 Å². The fourth-order valence-electron chi connectivity index (χ4n) is 2.46. The molecule has 0 spiro atoms. The third-order valence-corrected chi connectivity index (χ3v) is 3.56. The minimum absolute atomic E-state index is 0.571. The molecule has 18 heavy (non-hydrogen) atoms. The molecule has 0 heterocycles. The van der Waals surface area contributed by atoms with E-state index in [1.165, 1.54) is 22.3 Å². The van der Waals surface area contributed by atoms with Crippen molar-refractivity contribution in [2.45, 2.75) is 39.5 Å². The zero-order valence-electron chi connectivity index (χ0n) is 11.6. The van der Waals surface area contributed by atoms with Gasteiger partial charge in [-0.2, -0.15) is 0 Å². The first-order valence-corrected chi connectivity index (χ1v) is 6.80. The van der Waals surface area contributed by atoms with Crippen molar-refractivity contribution >= 4 is 5.57 Å². The predicted octanol–water partition coefficient (Wildman–Crippen LogP) is 5.49. The number of rotatable bonds is 2. The molecular formula is C18H22. The molecule has 0 aromatic heterocycles. The van der Waals surface area contributed by atoms with Crippen LogP contribution in [0.2, 0.25) is 0 Å². The minimum atomic E-state index is 0.571. The lowest BCUT2D eigenvalue weighted by atomic mass is 9.90. The Labute approximate surface area is 111 Å². The molecule has 0 N–H and O–H groups in total. The second-order valence-corrected chi connectivity index (χ2v) is 5.21. The molecule has 0 nitrogen and oxygen atoms in total. The molecule has 1 aliphatic rings. The van der Waals surface area contributed by atoms with E-state index in [0.717, 1.165) is 12.8 Å². The molecule has 0 aliphatic heterocycles. The first-order valence-electron chi connectivity index (χ1n) is 6.80. The van der Waals surface area contributed by atoms with Gasteiger partial charge in [0.2, 0.25) is 0 Å². The van der Waals surface area contributed by atoms with Gasteiger partial charge in [0, 0.05) is 0 Å². The van der Waals surface area contributed by atoms with E-state index in [-0.39, 0.29) is 0 Å². The van der Waals surface area contributed by atoms with Crippen LogP contribution >= 0.6 is 0 Å². The summed E-state index contributed by atoms with van der Waals surface area (Å²) in [5.74, 6) is 0.571. The maximum absolute atomic E-state index is 2.28. The summed E-state index contributed by atoms with van der Waals surface area (Å²) in [5.41, 5.74) is 5.71. The lowest BCUT2D eigenvalue weighted by molar-refractivity contribution is 0.862. The highest BCUT2D eigenvalue weighted by atomic mass is 14.1. The Balaban J connectivity index is 2.47. The van der Waals surface area contributed by atoms with Crippen molar-refractivity contribution in [1.82, 2.24) is 0 Å². The van der Waals surface area contributed by atoms with Crippen molar-refractivity contribution in [1.29, 1.82) is 0 Å². The SMILES string of the molecule is C/C(=C1\C=CCC=CC1)c1ccccc1C(C)C. The summed E-state index contributed by atoms with van der Waals surface area (Å²) in [7, 11) is 0. The number of benzene rings is 1. The molecule has 0 heteroatoms. The Kier molecular flexibility index (Phi) is 4.19. The lowest BCUT2D eigenvalue weighted by Gasteiger charge is -2.15. The molecule has 2 rings (SSSR count). The van der Waals surface area contributed by atoms with Crippen molar-refractivity contribution < 1.29 is 0 Å². The molecule has 0 saturated carbocycles. The molecule has 1 aliphatic carbocycles. The molecule has 0 fully saturated rings. The van der Waals surface area contributed by atoms with Gasteiger partial charge < -0.3 is 0 Å². The first kappa shape index (κ1) is 12.9. The van der Waals surface area contributed by atoms with Gasteiger partial charge in [-0.3, -0.25) is 0 Å². The van der Waals surface area contributed by atoms with E-state index in [1.807, 2.05) is 0 Å². The van der Waals surface area contributed by atoms with Gasteiger partial charge in [-0.1, -0.05) is 62.4 Å². The summed E-state index contributed by atoms with van der Waals surface area (Å²) >= 11 is 0. The maximum Gasteiger partial charge on any atom is -0.00946 e. The number of hydrogen-bond acceptors (Lipinski definition) is 0. The van der Waals surface area contributed by atoms with Crippen LogP contribution in [0.1, 0.15) is 50.7 Å². The topological polar surface area (TPSA) is 0 Å². The van der Waals surface area contributed by atoms with E-state index < -0.39 is 0 Å². The molecule has 1 aromatic carbocycles. The van der Waals surface area contributed by atoms with E-state index in [4.69, 9.17) is 0 Å². The van der Waals surface area contributed by atoms with Crippen molar-refractivity contribution in [3.8, 4) is 0 Å². The van der Waals surface area contributed by atoms with E-state index in [0.29, 0.717) is 5.92 Å². The average molecular weight is 238 g/mol. The zero-order valence-corrected chi connectivity index (χ0v) is 11.6. The van der Waals surface area contributed by atoms with Gasteiger partial charge in [0.15, 0.2) is 0 Å². The van der Waals surface area contributed by atoms with Crippen LogP contribution in [0.5, 0.6) is 0 Å². The van der Waals surface area contributed by atoms with E-state index >= 15 is 0 Å². The summed E-state index contributed by atoms with van der Waals surface area (Å²) in [5, 5.41) is 0. The normalized spacial score (nSPS) is 18.0. The zero-order chi connectivity index (χ0) is 13.0. The Hall–Kier alpha value is -1.56. The Morgan fingerprint density at radius 3 is 2.61 bits per heavy atom. The number of allylic oxidation sites excluding steroid dienone is 6. The summed E-state index contributed by atoms with van der Waals surface area (Å²) in [6.07, 6.45) is 11.2. The highest BCUT2D eigenvalue weighted by Gasteiger charge is 2.09. The molecule has 0 amide bonds. The number of hydrogen-bond donors (Lipinski definition) is 0. The summed E-state index contributed by atoms with van der Waals surface area (Å²) in [6.45, 7) is 6.78. The molecular weight excluding hydrogens is 216 g/mol. The van der Waals surface area contributed by atoms with Gasteiger partial charge in [-0.15, -0.1) is 0 Å². The van der Waals surface area contributed by atoms with Gasteiger partial charge in [0.25, 0.3) is 0 Å². The van der Waals surface area contributed by atoms with Crippen LogP contribution in [-0.4, -0.2) is 0 Å². The molecule has 0 atom stereocenters. The molecule has 0 saturated heterocycles. The third kappa shape index (κ3) is 2.81. The molecule has 0 unspecified atom stereocenters. The standard InChI is InChI=1S/C18H22/c1-14(2)17-12-8-9-13-18(17)15(3)16-10-6-4-5-7-11-16/h4,6-9,11-14H,5,10H2,1-3H3/b16-15+. The fourth-order valence-corrected chi connectivity index (χ4v) is 2.46. The second-order valence-electron chi connectivity index (χ2n) is 5.21. The van der Waals surface area contributed by atoms with Crippen LogP contribution in [0.4, 0.5) is 0 Å². The van der Waals surface area contributed by atoms with Crippen molar-refractivity contribution in [3.05, 3.63) is 65.3 Å². The molecule has 0 bridgehead atoms. The highest BCUT2D eigenvalue weighted by molar-refractivity contribution is 5.72. The predicted molar refractivity (Wildman–Crippen MR) is 80.6 cm³/mol. The molecule has 94 valence electrons. The second kappa shape index (κ2) is 5.86. The Morgan fingerprint density at radius 1 is 1.06 bits per heavy atom. The third-order valence-electron chi connectivity index (χ3n) is 3.56. The Morgan fingerprint density at radius 2 is 1.83 bits per heavy atom. The monoisotopic (exact) mass is 238 g/mol. The quantitative estimate of drug-likeness (QED) is 0.598. The summed E-state index contributed by atoms with van der Waals surface area (Å²) in [4.78, 5) is 0. The smallest absolute Gasteiger partial charge is 0.00946 e. The van der Waals surface area contributed by atoms with E-state index in [1.54, 1.807) is 0 Å². The lowest BCUT2D eigenvalue weighted by Crippen LogP contribution is -1.95. The van der Waals surface area contributed by atoms with Crippen molar-refractivity contribution in [2.24, 2.45) is 0 Å². The first-order chi connectivity index (χ1) is 8.70. The molecule has 0 radical (unpaired) electrons. The molecule has 1 aromatic rings.